The van der Waals surface area contributed by atoms with Gasteiger partial charge in [-0.15, -0.1) is 0 Å². The Morgan fingerprint density at radius 1 is 0.941 bits per heavy atom. The Kier molecular flexibility index (Phi) is 6.16. The van der Waals surface area contributed by atoms with Crippen molar-refractivity contribution in [1.82, 2.24) is 0 Å². The molecule has 0 saturated carbocycles. The molecule has 1 amide bonds. The van der Waals surface area contributed by atoms with Crippen molar-refractivity contribution in [1.29, 1.82) is 0 Å². The fraction of sp³-hybridized carbons (Fsp3) is 0.214. The number of amides is 1. The van der Waals surface area contributed by atoms with Crippen molar-refractivity contribution in [3.05, 3.63) is 94.6 Å². The normalized spacial score (nSPS) is 17.4. The number of hydrogen-bond acceptors (Lipinski definition) is 5. The van der Waals surface area contributed by atoms with Gasteiger partial charge in [0.15, 0.2) is 0 Å². The predicted molar refractivity (Wildman–Crippen MR) is 131 cm³/mol. The summed E-state index contributed by atoms with van der Waals surface area (Å²) in [4.78, 5) is 28.0. The lowest BCUT2D eigenvalue weighted by atomic mass is 9.94. The molecular formula is C28H27NO5. The van der Waals surface area contributed by atoms with E-state index in [2.05, 4.69) is 0 Å². The minimum Gasteiger partial charge on any atom is -0.508 e. The van der Waals surface area contributed by atoms with Crippen LogP contribution in [0.2, 0.25) is 0 Å². The van der Waals surface area contributed by atoms with Crippen LogP contribution in [-0.2, 0) is 9.59 Å². The summed E-state index contributed by atoms with van der Waals surface area (Å²) in [5.74, 6) is -1.04. The molecule has 1 atom stereocenters. The van der Waals surface area contributed by atoms with E-state index in [-0.39, 0.29) is 23.2 Å². The molecule has 3 aromatic rings. The minimum atomic E-state index is -0.854. The van der Waals surface area contributed by atoms with Gasteiger partial charge in [0.2, 0.25) is 0 Å². The number of ether oxygens (including phenoxy) is 1. The summed E-state index contributed by atoms with van der Waals surface area (Å²) < 4.78 is 5.66. The van der Waals surface area contributed by atoms with Crippen LogP contribution >= 0.6 is 0 Å². The molecule has 1 aliphatic heterocycles. The first-order valence-corrected chi connectivity index (χ1v) is 11.1. The fourth-order valence-electron chi connectivity index (χ4n) is 4.17. The number of aliphatic hydroxyl groups is 1. The van der Waals surface area contributed by atoms with Crippen molar-refractivity contribution in [2.24, 2.45) is 0 Å². The number of aliphatic hydroxyl groups excluding tert-OH is 1. The number of aromatic hydroxyl groups is 1. The zero-order valence-electron chi connectivity index (χ0n) is 19.6. The summed E-state index contributed by atoms with van der Waals surface area (Å²) in [7, 11) is 0. The van der Waals surface area contributed by atoms with E-state index in [0.29, 0.717) is 22.6 Å². The maximum atomic E-state index is 13.3. The van der Waals surface area contributed by atoms with Gasteiger partial charge in [0, 0.05) is 11.3 Å². The van der Waals surface area contributed by atoms with Gasteiger partial charge >= 0.3 is 0 Å². The van der Waals surface area contributed by atoms with E-state index in [1.54, 1.807) is 42.5 Å². The number of nitrogens with zero attached hydrogens (tertiary/aromatic N) is 1. The molecular weight excluding hydrogens is 430 g/mol. The molecule has 6 nitrogen and oxygen atoms in total. The molecule has 1 fully saturated rings. The third-order valence-corrected chi connectivity index (χ3v) is 5.99. The second-order valence-electron chi connectivity index (χ2n) is 8.67. The smallest absolute Gasteiger partial charge is 0.300 e. The first-order chi connectivity index (χ1) is 16.2. The summed E-state index contributed by atoms with van der Waals surface area (Å²) in [6.07, 6.45) is -0.00293. The van der Waals surface area contributed by atoms with Crippen LogP contribution in [0.5, 0.6) is 11.5 Å². The number of phenolic OH excluding ortho intramolecular Hbond substituents is 1. The Morgan fingerprint density at radius 2 is 1.59 bits per heavy atom. The van der Waals surface area contributed by atoms with Crippen LogP contribution in [0.3, 0.4) is 0 Å². The lowest BCUT2D eigenvalue weighted by Crippen LogP contribution is -2.30. The topological polar surface area (TPSA) is 87.1 Å². The number of Topliss-reactive ketones (excluding diaryl/α,β-unsaturated/α-hetero) is 1. The number of aryl methyl sites for hydroxylation is 1. The highest BCUT2D eigenvalue weighted by Crippen LogP contribution is 2.43. The van der Waals surface area contributed by atoms with Crippen LogP contribution in [0.15, 0.2) is 72.3 Å². The Hall–Kier alpha value is -4.06. The number of carbonyl (C=O) groups excluding carboxylic acids is 2. The van der Waals surface area contributed by atoms with Crippen molar-refractivity contribution >= 4 is 23.1 Å². The Balaban J connectivity index is 1.89. The molecule has 1 unspecified atom stereocenters. The monoisotopic (exact) mass is 457 g/mol. The predicted octanol–water partition coefficient (Wildman–Crippen LogP) is 5.42. The molecule has 34 heavy (non-hydrogen) atoms. The maximum Gasteiger partial charge on any atom is 0.300 e. The molecule has 4 rings (SSSR count). The zero-order valence-corrected chi connectivity index (χ0v) is 19.6. The van der Waals surface area contributed by atoms with Crippen LogP contribution < -0.4 is 9.64 Å². The van der Waals surface area contributed by atoms with E-state index >= 15 is 0 Å². The van der Waals surface area contributed by atoms with Gasteiger partial charge in [-0.25, -0.2) is 0 Å². The third-order valence-electron chi connectivity index (χ3n) is 5.99. The summed E-state index contributed by atoms with van der Waals surface area (Å²) in [6.45, 7) is 7.66. The van der Waals surface area contributed by atoms with Crippen LogP contribution in [0, 0.1) is 13.8 Å². The SMILES string of the molecule is Cc1cccc(N2C(=O)C(=O)/C(=C(/O)c3ccc(OC(C)C)cc3)C2c2ccc(O)cc2)c1C. The summed E-state index contributed by atoms with van der Waals surface area (Å²) in [5.41, 5.74) is 3.43. The van der Waals surface area contributed by atoms with E-state index in [1.165, 1.54) is 17.0 Å². The maximum absolute atomic E-state index is 13.3. The van der Waals surface area contributed by atoms with E-state index in [9.17, 15) is 19.8 Å². The van der Waals surface area contributed by atoms with Crippen molar-refractivity contribution in [3.63, 3.8) is 0 Å². The van der Waals surface area contributed by atoms with E-state index in [1.807, 2.05) is 39.8 Å². The number of benzene rings is 3. The van der Waals surface area contributed by atoms with Gasteiger partial charge in [0.25, 0.3) is 11.7 Å². The van der Waals surface area contributed by atoms with Gasteiger partial charge in [0.05, 0.1) is 17.7 Å². The average molecular weight is 458 g/mol. The molecule has 1 saturated heterocycles. The number of rotatable bonds is 5. The molecule has 0 aliphatic carbocycles. The Bertz CT molecular complexity index is 1270. The van der Waals surface area contributed by atoms with Crippen molar-refractivity contribution in [2.75, 3.05) is 4.90 Å². The van der Waals surface area contributed by atoms with Crippen molar-refractivity contribution in [3.8, 4) is 11.5 Å². The standard InChI is InChI=1S/C28H27NO5/c1-16(2)34-22-14-10-20(11-15-22)26(31)24-25(19-8-12-21(30)13-9-19)29(28(33)27(24)32)23-7-5-6-17(3)18(23)4/h5-16,25,30-31H,1-4H3/b26-24+. The van der Waals surface area contributed by atoms with E-state index in [0.717, 1.165) is 11.1 Å². The largest absolute Gasteiger partial charge is 0.508 e. The number of carbonyl (C=O) groups is 2. The zero-order chi connectivity index (χ0) is 24.6. The molecule has 0 aromatic heterocycles. The molecule has 0 spiro atoms. The quantitative estimate of drug-likeness (QED) is 0.303. The van der Waals surface area contributed by atoms with Crippen LogP contribution in [0.4, 0.5) is 5.69 Å². The molecule has 3 aromatic carbocycles. The van der Waals surface area contributed by atoms with Crippen LogP contribution in [0.1, 0.15) is 42.1 Å². The van der Waals surface area contributed by atoms with Crippen LogP contribution in [-0.4, -0.2) is 28.0 Å². The summed E-state index contributed by atoms with van der Waals surface area (Å²) >= 11 is 0. The molecule has 0 radical (unpaired) electrons. The summed E-state index contributed by atoms with van der Waals surface area (Å²) in [6, 6.07) is 17.7. The second-order valence-corrected chi connectivity index (χ2v) is 8.67. The molecule has 6 heteroatoms. The van der Waals surface area contributed by atoms with Gasteiger partial charge in [-0.1, -0.05) is 24.3 Å². The lowest BCUT2D eigenvalue weighted by molar-refractivity contribution is -0.132. The first-order valence-electron chi connectivity index (χ1n) is 11.1. The third kappa shape index (κ3) is 4.15. The second kappa shape index (κ2) is 9.06. The van der Waals surface area contributed by atoms with Gasteiger partial charge in [0.1, 0.15) is 17.3 Å². The van der Waals surface area contributed by atoms with Crippen LogP contribution in [0.25, 0.3) is 5.76 Å². The Morgan fingerprint density at radius 3 is 2.21 bits per heavy atom. The Labute approximate surface area is 198 Å². The number of phenols is 1. The molecule has 2 N–H and O–H groups in total. The highest BCUT2D eigenvalue weighted by Gasteiger charge is 2.47. The number of ketones is 1. The van der Waals surface area contributed by atoms with Gasteiger partial charge in [-0.2, -0.15) is 0 Å². The van der Waals surface area contributed by atoms with Crippen molar-refractivity contribution < 1.29 is 24.5 Å². The van der Waals surface area contributed by atoms with Gasteiger partial charge < -0.3 is 14.9 Å². The van der Waals surface area contributed by atoms with Gasteiger partial charge in [-0.3, -0.25) is 14.5 Å². The highest BCUT2D eigenvalue weighted by atomic mass is 16.5. The first kappa shape index (κ1) is 23.1. The van der Waals surface area contributed by atoms with E-state index < -0.39 is 17.7 Å². The fourth-order valence-corrected chi connectivity index (χ4v) is 4.17. The van der Waals surface area contributed by atoms with E-state index in [4.69, 9.17) is 4.74 Å². The lowest BCUT2D eigenvalue weighted by Gasteiger charge is -2.27. The van der Waals surface area contributed by atoms with Gasteiger partial charge in [-0.05, 0) is 86.8 Å². The summed E-state index contributed by atoms with van der Waals surface area (Å²) in [5, 5.41) is 21.0. The average Bonchev–Trinajstić information content (AvgIpc) is 3.06. The molecule has 1 aliphatic rings. The molecule has 174 valence electrons. The number of anilines is 1. The highest BCUT2D eigenvalue weighted by molar-refractivity contribution is 6.51. The molecule has 0 bridgehead atoms. The number of hydrogen-bond donors (Lipinski definition) is 2. The minimum absolute atomic E-state index is 0.00293. The van der Waals surface area contributed by atoms with Crippen molar-refractivity contribution in [2.45, 2.75) is 39.8 Å². The molecule has 1 heterocycles.